The molecular weight excluding hydrogens is 342 g/mol. The summed E-state index contributed by atoms with van der Waals surface area (Å²) in [6, 6.07) is 0. The molecular formula is C22H35NO4. The van der Waals surface area contributed by atoms with Crippen molar-refractivity contribution in [3.63, 3.8) is 0 Å². The summed E-state index contributed by atoms with van der Waals surface area (Å²) < 4.78 is 11.3. The second kappa shape index (κ2) is 9.59. The van der Waals surface area contributed by atoms with E-state index in [0.29, 0.717) is 50.4 Å². The first kappa shape index (κ1) is 21.8. The molecule has 0 aromatic carbocycles. The van der Waals surface area contributed by atoms with E-state index in [0.717, 1.165) is 32.0 Å². The van der Waals surface area contributed by atoms with Gasteiger partial charge in [0.15, 0.2) is 0 Å². The Balaban J connectivity index is 1.57. The van der Waals surface area contributed by atoms with Gasteiger partial charge in [0.1, 0.15) is 6.29 Å². The Labute approximate surface area is 163 Å². The van der Waals surface area contributed by atoms with E-state index in [1.807, 2.05) is 27.7 Å². The third-order valence-electron chi connectivity index (χ3n) is 5.80. The Morgan fingerprint density at radius 1 is 1.11 bits per heavy atom. The number of hydrogen-bond donors (Lipinski definition) is 1. The molecule has 2 aliphatic carbocycles. The first-order chi connectivity index (χ1) is 12.7. The average Bonchev–Trinajstić information content (AvgIpc) is 3.21. The zero-order valence-corrected chi connectivity index (χ0v) is 17.3. The van der Waals surface area contributed by atoms with Crippen LogP contribution >= 0.6 is 0 Å². The maximum atomic E-state index is 11.9. The summed E-state index contributed by atoms with van der Waals surface area (Å²) in [5.74, 6) is 8.29. The van der Waals surface area contributed by atoms with Crippen LogP contribution in [0.2, 0.25) is 0 Å². The number of carbonyl (C=O) groups is 2. The number of carbonyl (C=O) groups excluding carboxylic acids is 2. The molecule has 0 aromatic heterocycles. The Morgan fingerprint density at radius 2 is 1.74 bits per heavy atom. The summed E-state index contributed by atoms with van der Waals surface area (Å²) in [7, 11) is 0. The second-order valence-electron chi connectivity index (χ2n) is 9.16. The fourth-order valence-electron chi connectivity index (χ4n) is 3.69. The van der Waals surface area contributed by atoms with Crippen molar-refractivity contribution < 1.29 is 19.1 Å². The molecule has 0 radical (unpaired) electrons. The summed E-state index contributed by atoms with van der Waals surface area (Å²) in [6.45, 7) is 9.35. The van der Waals surface area contributed by atoms with Crippen LogP contribution in [0.25, 0.3) is 0 Å². The van der Waals surface area contributed by atoms with E-state index in [4.69, 9.17) is 9.47 Å². The van der Waals surface area contributed by atoms with Crippen molar-refractivity contribution >= 4 is 12.4 Å². The summed E-state index contributed by atoms with van der Waals surface area (Å²) in [4.78, 5) is 22.9. The lowest BCUT2D eigenvalue weighted by molar-refractivity contribution is -0.116. The van der Waals surface area contributed by atoms with Crippen molar-refractivity contribution in [2.75, 3.05) is 19.8 Å². The van der Waals surface area contributed by atoms with E-state index in [2.05, 4.69) is 17.2 Å². The van der Waals surface area contributed by atoms with Gasteiger partial charge in [-0.3, -0.25) is 0 Å². The lowest BCUT2D eigenvalue weighted by Crippen LogP contribution is -2.34. The summed E-state index contributed by atoms with van der Waals surface area (Å²) in [6.07, 6.45) is 6.22. The highest BCUT2D eigenvalue weighted by Crippen LogP contribution is 2.52. The monoisotopic (exact) mass is 377 g/mol. The molecule has 1 fully saturated rings. The number of nitrogens with one attached hydrogen (secondary N) is 1. The minimum Gasteiger partial charge on any atom is -0.449 e. The first-order valence-electron chi connectivity index (χ1n) is 10.2. The second-order valence-corrected chi connectivity index (χ2v) is 9.16. The number of amides is 1. The molecule has 0 spiro atoms. The van der Waals surface area contributed by atoms with Crippen LogP contribution in [0, 0.1) is 35.0 Å². The van der Waals surface area contributed by atoms with Gasteiger partial charge in [-0.2, -0.15) is 0 Å². The van der Waals surface area contributed by atoms with Crippen molar-refractivity contribution in [2.45, 2.75) is 71.8 Å². The standard InChI is InChI=1S/C22H35NO4/c1-21(2,16-24)12-14-27-22(3,4)11-13-23-20(25)26-15-19-17-9-7-5-6-8-10-18(17)19/h16-19H,7-15H2,1-4H3,(H,23,25). The van der Waals surface area contributed by atoms with Gasteiger partial charge in [-0.25, -0.2) is 4.79 Å². The van der Waals surface area contributed by atoms with Crippen LogP contribution in [0.4, 0.5) is 4.79 Å². The molecule has 1 amide bonds. The van der Waals surface area contributed by atoms with Crippen molar-refractivity contribution in [2.24, 2.45) is 23.2 Å². The lowest BCUT2D eigenvalue weighted by atomic mass is 9.92. The zero-order valence-electron chi connectivity index (χ0n) is 17.3. The molecule has 0 bridgehead atoms. The molecule has 152 valence electrons. The molecule has 2 aliphatic rings. The molecule has 1 saturated carbocycles. The summed E-state index contributed by atoms with van der Waals surface area (Å²) in [5.41, 5.74) is -0.712. The number of rotatable bonds is 10. The van der Waals surface area contributed by atoms with Gasteiger partial charge in [0.25, 0.3) is 0 Å². The van der Waals surface area contributed by atoms with Gasteiger partial charge in [0.05, 0.1) is 12.2 Å². The Hall–Kier alpha value is -1.54. The van der Waals surface area contributed by atoms with Crippen molar-refractivity contribution in [1.29, 1.82) is 0 Å². The summed E-state index contributed by atoms with van der Waals surface area (Å²) in [5, 5.41) is 2.82. The normalized spacial score (nSPS) is 24.5. The van der Waals surface area contributed by atoms with Crippen LogP contribution in [-0.4, -0.2) is 37.7 Å². The molecule has 27 heavy (non-hydrogen) atoms. The molecule has 5 nitrogen and oxygen atoms in total. The number of aldehydes is 1. The molecule has 0 heterocycles. The van der Waals surface area contributed by atoms with Gasteiger partial charge in [0.2, 0.25) is 0 Å². The van der Waals surface area contributed by atoms with E-state index in [1.54, 1.807) is 0 Å². The number of hydrogen-bond acceptors (Lipinski definition) is 4. The largest absolute Gasteiger partial charge is 0.449 e. The molecule has 2 atom stereocenters. The van der Waals surface area contributed by atoms with Gasteiger partial charge < -0.3 is 19.6 Å². The topological polar surface area (TPSA) is 64.6 Å². The zero-order chi connectivity index (χ0) is 19.9. The van der Waals surface area contributed by atoms with Crippen LogP contribution in [0.1, 0.15) is 66.2 Å². The van der Waals surface area contributed by atoms with Gasteiger partial charge in [-0.05, 0) is 57.3 Å². The van der Waals surface area contributed by atoms with E-state index < -0.39 is 0 Å². The van der Waals surface area contributed by atoms with Crippen LogP contribution in [-0.2, 0) is 14.3 Å². The van der Waals surface area contributed by atoms with Gasteiger partial charge >= 0.3 is 6.09 Å². The number of alkyl carbamates (subject to hydrolysis) is 1. The molecule has 2 rings (SSSR count). The highest BCUT2D eigenvalue weighted by molar-refractivity contribution is 5.67. The highest BCUT2D eigenvalue weighted by atomic mass is 16.5. The summed E-state index contributed by atoms with van der Waals surface area (Å²) >= 11 is 0. The molecule has 0 aliphatic heterocycles. The predicted octanol–water partition coefficient (Wildman–Crippen LogP) is 3.95. The molecule has 2 unspecified atom stereocenters. The maximum absolute atomic E-state index is 11.9. The van der Waals surface area contributed by atoms with Crippen molar-refractivity contribution in [3.8, 4) is 11.8 Å². The third-order valence-corrected chi connectivity index (χ3v) is 5.80. The Kier molecular flexibility index (Phi) is 7.73. The number of ether oxygens (including phenoxy) is 2. The van der Waals surface area contributed by atoms with Crippen LogP contribution in [0.5, 0.6) is 0 Å². The average molecular weight is 378 g/mol. The van der Waals surface area contributed by atoms with Crippen molar-refractivity contribution in [3.05, 3.63) is 0 Å². The molecule has 0 aromatic rings. The van der Waals surface area contributed by atoms with Gasteiger partial charge in [-0.15, -0.1) is 11.8 Å². The Morgan fingerprint density at radius 3 is 2.33 bits per heavy atom. The predicted molar refractivity (Wildman–Crippen MR) is 105 cm³/mol. The fourth-order valence-corrected chi connectivity index (χ4v) is 3.69. The minimum absolute atomic E-state index is 0.344. The fraction of sp³-hybridized carbons (Fsp3) is 0.818. The van der Waals surface area contributed by atoms with Crippen LogP contribution in [0.15, 0.2) is 0 Å². The van der Waals surface area contributed by atoms with Crippen LogP contribution < -0.4 is 5.32 Å². The molecule has 1 N–H and O–H groups in total. The smallest absolute Gasteiger partial charge is 0.407 e. The molecule has 5 heteroatoms. The number of fused-ring (bicyclic) bond motifs is 1. The lowest BCUT2D eigenvalue weighted by Gasteiger charge is -2.27. The maximum Gasteiger partial charge on any atom is 0.407 e. The van der Waals surface area contributed by atoms with E-state index in [1.165, 1.54) is 0 Å². The van der Waals surface area contributed by atoms with E-state index >= 15 is 0 Å². The molecule has 0 saturated heterocycles. The van der Waals surface area contributed by atoms with Gasteiger partial charge in [-0.1, -0.05) is 13.8 Å². The quantitative estimate of drug-likeness (QED) is 0.462. The highest BCUT2D eigenvalue weighted by Gasteiger charge is 2.49. The van der Waals surface area contributed by atoms with Crippen molar-refractivity contribution in [1.82, 2.24) is 5.32 Å². The minimum atomic E-state index is -0.359. The third kappa shape index (κ3) is 7.54. The SMILES string of the molecule is CC(C)(C=O)CCOC(C)(C)CCNC(=O)OCC1C2CCC#CCCC21. The van der Waals surface area contributed by atoms with Crippen LogP contribution in [0.3, 0.4) is 0 Å². The van der Waals surface area contributed by atoms with E-state index in [-0.39, 0.29) is 17.1 Å². The van der Waals surface area contributed by atoms with E-state index in [9.17, 15) is 9.59 Å². The van der Waals surface area contributed by atoms with Gasteiger partial charge in [0, 0.05) is 31.4 Å². The Bertz CT molecular complexity index is 555. The first-order valence-corrected chi connectivity index (χ1v) is 10.2.